The van der Waals surface area contributed by atoms with E-state index >= 15 is 0 Å². The fraction of sp³-hybridized carbons (Fsp3) is 0.0588. The van der Waals surface area contributed by atoms with Crippen molar-refractivity contribution in [1.82, 2.24) is 0 Å². The van der Waals surface area contributed by atoms with Crippen LogP contribution in [0.4, 0.5) is 34.1 Å². The molecule has 0 fully saturated rings. The quantitative estimate of drug-likeness (QED) is 0.107. The number of hydrogen-bond acceptors (Lipinski definition) is 12. The molecule has 12 nitrogen and oxygen atoms in total. The number of hydrogen-bond donors (Lipinski definition) is 2. The average Bonchev–Trinajstić information content (AvgIpc) is 3.03. The standard InChI is InChI=1S/C34H28N6O6S2.2Na/c1-19-15-22(6-13-31(19)37-39-33-27-10-9-25(47(41,42)43)17-24(27)5-12-29(33)35)23-7-14-32(20(2)16-23)38-40-34-28-18-26(48(44,45)46)8-3-21(28)4-11-30(34)36;;/h3-18H,35-36H2,1-2H3,(H,41,42,43)(H,44,45,46);;/q;2*+1/p-2. The zero-order valence-electron chi connectivity index (χ0n) is 27.4. The van der Waals surface area contributed by atoms with Crippen molar-refractivity contribution < 1.29 is 85.1 Å². The van der Waals surface area contributed by atoms with E-state index in [0.717, 1.165) is 22.3 Å². The number of azo groups is 2. The van der Waals surface area contributed by atoms with Crippen LogP contribution in [0.1, 0.15) is 11.1 Å². The van der Waals surface area contributed by atoms with E-state index in [1.807, 2.05) is 44.2 Å². The zero-order valence-corrected chi connectivity index (χ0v) is 33.1. The van der Waals surface area contributed by atoms with E-state index in [0.29, 0.717) is 44.3 Å². The molecule has 50 heavy (non-hydrogen) atoms. The molecular weight excluding hydrogens is 699 g/mol. The minimum absolute atomic E-state index is 0. The minimum atomic E-state index is -4.67. The molecule has 242 valence electrons. The Kier molecular flexibility index (Phi) is 12.1. The molecule has 0 heterocycles. The van der Waals surface area contributed by atoms with Crippen molar-refractivity contribution in [2.45, 2.75) is 23.6 Å². The number of aryl methyl sites for hydroxylation is 2. The third-order valence-electron chi connectivity index (χ3n) is 7.81. The summed E-state index contributed by atoms with van der Waals surface area (Å²) in [7, 11) is -9.29. The van der Waals surface area contributed by atoms with Crippen molar-refractivity contribution in [2.24, 2.45) is 20.5 Å². The van der Waals surface area contributed by atoms with Crippen molar-refractivity contribution in [3.63, 3.8) is 0 Å². The molecule has 6 aromatic rings. The number of nitrogens with two attached hydrogens (primary N) is 2. The van der Waals surface area contributed by atoms with Gasteiger partial charge in [0.25, 0.3) is 0 Å². The Hall–Kier alpha value is -3.54. The van der Waals surface area contributed by atoms with Crippen LogP contribution < -0.4 is 70.6 Å². The molecule has 0 unspecified atom stereocenters. The predicted octanol–water partition coefficient (Wildman–Crippen LogP) is 2.09. The number of benzene rings is 6. The van der Waals surface area contributed by atoms with E-state index in [2.05, 4.69) is 20.5 Å². The monoisotopic (exact) mass is 724 g/mol. The van der Waals surface area contributed by atoms with Gasteiger partial charge in [0.15, 0.2) is 0 Å². The SMILES string of the molecule is Cc1cc(-c2ccc(N=Nc3c(N)ccc4ccc(S(=O)(=O)[O-])cc34)c(C)c2)ccc1N=Nc1c(N)ccc2cc(S(=O)(=O)[O-])ccc12.[Na+].[Na+]. The van der Waals surface area contributed by atoms with Crippen LogP contribution in [0.5, 0.6) is 0 Å². The molecule has 6 aromatic carbocycles. The van der Waals surface area contributed by atoms with E-state index in [9.17, 15) is 25.9 Å². The van der Waals surface area contributed by atoms with Crippen molar-refractivity contribution in [1.29, 1.82) is 0 Å². The number of rotatable bonds is 7. The second kappa shape index (κ2) is 15.4. The Balaban J connectivity index is 0.00000281. The minimum Gasteiger partial charge on any atom is -0.744 e. The van der Waals surface area contributed by atoms with Crippen molar-refractivity contribution >= 4 is 75.9 Å². The van der Waals surface area contributed by atoms with E-state index in [-0.39, 0.29) is 80.3 Å². The number of anilines is 2. The Morgan fingerprint density at radius 2 is 0.940 bits per heavy atom. The number of nitrogen functional groups attached to an aromatic ring is 2. The van der Waals surface area contributed by atoms with Crippen LogP contribution in [-0.2, 0) is 20.2 Å². The van der Waals surface area contributed by atoms with Gasteiger partial charge in [-0.15, -0.1) is 10.2 Å². The van der Waals surface area contributed by atoms with Crippen LogP contribution in [0.15, 0.2) is 127 Å². The van der Waals surface area contributed by atoms with Crippen LogP contribution in [0.2, 0.25) is 0 Å². The van der Waals surface area contributed by atoms with Gasteiger partial charge in [0, 0.05) is 10.8 Å². The van der Waals surface area contributed by atoms with E-state index in [4.69, 9.17) is 11.5 Å². The smallest absolute Gasteiger partial charge is 0.744 e. The molecular formula is C34H26N6Na2O6S2. The van der Waals surface area contributed by atoms with Crippen LogP contribution in [0.3, 0.4) is 0 Å². The van der Waals surface area contributed by atoms with Gasteiger partial charge in [-0.25, -0.2) is 16.8 Å². The molecule has 0 saturated carbocycles. The zero-order chi connectivity index (χ0) is 34.4. The predicted molar refractivity (Wildman–Crippen MR) is 182 cm³/mol. The molecule has 0 bridgehead atoms. The maximum absolute atomic E-state index is 11.6. The fourth-order valence-electron chi connectivity index (χ4n) is 5.24. The molecule has 0 aliphatic heterocycles. The largest absolute Gasteiger partial charge is 1.00 e. The van der Waals surface area contributed by atoms with Crippen LogP contribution >= 0.6 is 0 Å². The summed E-state index contributed by atoms with van der Waals surface area (Å²) >= 11 is 0. The van der Waals surface area contributed by atoms with Gasteiger partial charge in [-0.3, -0.25) is 0 Å². The number of nitrogens with zero attached hydrogens (tertiary/aromatic N) is 4. The molecule has 0 spiro atoms. The molecule has 0 amide bonds. The van der Waals surface area contributed by atoms with Crippen molar-refractivity contribution in [3.05, 3.63) is 108 Å². The van der Waals surface area contributed by atoms with E-state index in [1.165, 1.54) is 36.4 Å². The summed E-state index contributed by atoms with van der Waals surface area (Å²) < 4.78 is 69.1. The summed E-state index contributed by atoms with van der Waals surface area (Å²) in [5.74, 6) is 0. The van der Waals surface area contributed by atoms with Gasteiger partial charge in [0.05, 0.1) is 32.5 Å². The normalized spacial score (nSPS) is 12.0. The van der Waals surface area contributed by atoms with E-state index < -0.39 is 20.2 Å². The first-order valence-electron chi connectivity index (χ1n) is 14.3. The molecule has 0 aliphatic rings. The van der Waals surface area contributed by atoms with Gasteiger partial charge in [-0.1, -0.05) is 36.4 Å². The van der Waals surface area contributed by atoms with Gasteiger partial charge >= 0.3 is 59.1 Å². The van der Waals surface area contributed by atoms with Crippen LogP contribution in [0.25, 0.3) is 32.7 Å². The van der Waals surface area contributed by atoms with E-state index in [1.54, 1.807) is 30.3 Å². The molecule has 0 saturated heterocycles. The first-order chi connectivity index (χ1) is 22.7. The summed E-state index contributed by atoms with van der Waals surface area (Å²) in [4.78, 5) is -0.724. The fourth-order valence-corrected chi connectivity index (χ4v) is 6.25. The third kappa shape index (κ3) is 8.32. The van der Waals surface area contributed by atoms with Gasteiger partial charge in [-0.05, 0) is 108 Å². The van der Waals surface area contributed by atoms with Gasteiger partial charge < -0.3 is 20.6 Å². The maximum atomic E-state index is 11.6. The summed E-state index contributed by atoms with van der Waals surface area (Å²) in [5, 5.41) is 19.6. The maximum Gasteiger partial charge on any atom is 1.00 e. The molecule has 6 rings (SSSR count). The number of fused-ring (bicyclic) bond motifs is 2. The Labute approximate surface area is 332 Å². The summed E-state index contributed by atoms with van der Waals surface area (Å²) in [6.45, 7) is 3.77. The topological polar surface area (TPSA) is 216 Å². The van der Waals surface area contributed by atoms with Crippen molar-refractivity contribution in [3.8, 4) is 11.1 Å². The van der Waals surface area contributed by atoms with Crippen molar-refractivity contribution in [2.75, 3.05) is 11.5 Å². The van der Waals surface area contributed by atoms with Crippen LogP contribution in [-0.4, -0.2) is 25.9 Å². The average molecular weight is 725 g/mol. The molecule has 0 atom stereocenters. The molecule has 16 heteroatoms. The Morgan fingerprint density at radius 1 is 0.500 bits per heavy atom. The second-order valence-electron chi connectivity index (χ2n) is 11.1. The Morgan fingerprint density at radius 3 is 1.44 bits per heavy atom. The van der Waals surface area contributed by atoms with Gasteiger partial charge in [0.1, 0.15) is 31.6 Å². The van der Waals surface area contributed by atoms with Gasteiger partial charge in [0.2, 0.25) is 0 Å². The first-order valence-corrected chi connectivity index (χ1v) is 17.1. The molecule has 0 radical (unpaired) electrons. The summed E-state index contributed by atoms with van der Waals surface area (Å²) in [5.41, 5.74) is 18.2. The molecule has 0 aliphatic carbocycles. The Bertz CT molecular complexity index is 2580. The molecule has 4 N–H and O–H groups in total. The first kappa shape index (κ1) is 39.2. The summed E-state index contributed by atoms with van der Waals surface area (Å²) in [6, 6.07) is 25.9. The van der Waals surface area contributed by atoms with Crippen LogP contribution in [0, 0.1) is 13.8 Å². The molecule has 0 aromatic heterocycles. The van der Waals surface area contributed by atoms with Gasteiger partial charge in [-0.2, -0.15) is 10.2 Å². The summed E-state index contributed by atoms with van der Waals surface area (Å²) in [6.07, 6.45) is 0. The second-order valence-corrected chi connectivity index (χ2v) is 13.8. The third-order valence-corrected chi connectivity index (χ3v) is 9.47.